The van der Waals surface area contributed by atoms with Crippen LogP contribution in [0.5, 0.6) is 0 Å². The Morgan fingerprint density at radius 2 is 1.67 bits per heavy atom. The summed E-state index contributed by atoms with van der Waals surface area (Å²) in [6.45, 7) is 8.18. The topological polar surface area (TPSA) is 26.0 Å². The van der Waals surface area contributed by atoms with Gasteiger partial charge in [-0.1, -0.05) is 33.6 Å². The molecule has 2 rings (SSSR count). The van der Waals surface area contributed by atoms with Crippen molar-refractivity contribution in [2.75, 3.05) is 6.54 Å². The molecule has 3 atom stereocenters. The molecule has 1 heteroatoms. The molecule has 2 aliphatic rings. The number of hydrogen-bond donors (Lipinski definition) is 1. The highest BCUT2D eigenvalue weighted by Crippen LogP contribution is 2.51. The molecule has 0 spiro atoms. The first-order chi connectivity index (χ1) is 8.61. The molecule has 0 aromatic carbocycles. The van der Waals surface area contributed by atoms with Gasteiger partial charge in [-0.15, -0.1) is 0 Å². The van der Waals surface area contributed by atoms with E-state index in [9.17, 15) is 0 Å². The van der Waals surface area contributed by atoms with Gasteiger partial charge in [-0.05, 0) is 74.2 Å². The summed E-state index contributed by atoms with van der Waals surface area (Å²) >= 11 is 0. The van der Waals surface area contributed by atoms with Crippen molar-refractivity contribution in [2.45, 2.75) is 72.1 Å². The van der Waals surface area contributed by atoms with Crippen molar-refractivity contribution < 1.29 is 0 Å². The van der Waals surface area contributed by atoms with Crippen LogP contribution in [-0.4, -0.2) is 6.54 Å². The molecule has 0 aromatic heterocycles. The molecule has 0 aliphatic heterocycles. The lowest BCUT2D eigenvalue weighted by atomic mass is 9.57. The van der Waals surface area contributed by atoms with Gasteiger partial charge in [-0.3, -0.25) is 0 Å². The highest BCUT2D eigenvalue weighted by Gasteiger charge is 2.42. The Kier molecular flexibility index (Phi) is 4.75. The monoisotopic (exact) mass is 251 g/mol. The van der Waals surface area contributed by atoms with E-state index >= 15 is 0 Å². The van der Waals surface area contributed by atoms with Crippen LogP contribution in [0.3, 0.4) is 0 Å². The average Bonchev–Trinajstić information content (AvgIpc) is 2.42. The van der Waals surface area contributed by atoms with E-state index in [0.717, 1.165) is 30.2 Å². The number of hydrogen-bond acceptors (Lipinski definition) is 1. The van der Waals surface area contributed by atoms with Gasteiger partial charge in [0, 0.05) is 0 Å². The Labute approximate surface area is 114 Å². The van der Waals surface area contributed by atoms with Crippen LogP contribution in [0.1, 0.15) is 72.1 Å². The van der Waals surface area contributed by atoms with E-state index in [0.29, 0.717) is 5.41 Å². The molecule has 3 unspecified atom stereocenters. The van der Waals surface area contributed by atoms with E-state index in [1.54, 1.807) is 0 Å². The van der Waals surface area contributed by atoms with Crippen LogP contribution >= 0.6 is 0 Å². The molecule has 1 nitrogen and oxygen atoms in total. The maximum Gasteiger partial charge on any atom is -0.00179 e. The summed E-state index contributed by atoms with van der Waals surface area (Å²) in [7, 11) is 0. The van der Waals surface area contributed by atoms with Gasteiger partial charge in [-0.2, -0.15) is 0 Å². The molecule has 0 radical (unpaired) electrons. The summed E-state index contributed by atoms with van der Waals surface area (Å²) < 4.78 is 0. The van der Waals surface area contributed by atoms with Gasteiger partial charge in [-0.25, -0.2) is 0 Å². The minimum Gasteiger partial charge on any atom is -0.330 e. The summed E-state index contributed by atoms with van der Waals surface area (Å²) in [6, 6.07) is 0. The van der Waals surface area contributed by atoms with E-state index in [-0.39, 0.29) is 0 Å². The maximum absolute atomic E-state index is 6.24. The lowest BCUT2D eigenvalue weighted by molar-refractivity contribution is 0.0297. The van der Waals surface area contributed by atoms with Crippen molar-refractivity contribution in [1.29, 1.82) is 0 Å². The molecule has 2 saturated carbocycles. The summed E-state index contributed by atoms with van der Waals surface area (Å²) in [5.41, 5.74) is 6.75. The Morgan fingerprint density at radius 1 is 1.00 bits per heavy atom. The molecule has 2 fully saturated rings. The largest absolute Gasteiger partial charge is 0.330 e. The van der Waals surface area contributed by atoms with Crippen LogP contribution < -0.4 is 5.73 Å². The first-order valence-corrected chi connectivity index (χ1v) is 8.31. The summed E-state index contributed by atoms with van der Waals surface area (Å²) in [6.07, 6.45) is 11.4. The zero-order chi connectivity index (χ0) is 13.2. The lowest BCUT2D eigenvalue weighted by Crippen LogP contribution is -2.43. The quantitative estimate of drug-likeness (QED) is 0.779. The summed E-state index contributed by atoms with van der Waals surface area (Å²) in [5, 5.41) is 0. The molecule has 106 valence electrons. The molecule has 2 aliphatic carbocycles. The number of rotatable bonds is 3. The smallest absolute Gasteiger partial charge is 0.00179 e. The molecule has 0 saturated heterocycles. The van der Waals surface area contributed by atoms with Crippen LogP contribution in [0, 0.1) is 29.1 Å². The normalized spacial score (nSPS) is 46.0. The third kappa shape index (κ3) is 2.76. The Bertz CT molecular complexity index is 252. The second-order valence-electron chi connectivity index (χ2n) is 7.38. The molecule has 0 heterocycles. The van der Waals surface area contributed by atoms with Crippen LogP contribution in [-0.2, 0) is 0 Å². The molecular weight excluding hydrogens is 218 g/mol. The molecule has 0 bridgehead atoms. The average molecular weight is 251 g/mol. The Hall–Kier alpha value is -0.0400. The summed E-state index contributed by atoms with van der Waals surface area (Å²) in [5.74, 6) is 3.76. The molecule has 18 heavy (non-hydrogen) atoms. The fraction of sp³-hybridized carbons (Fsp3) is 1.00. The van der Waals surface area contributed by atoms with Gasteiger partial charge in [0.25, 0.3) is 0 Å². The molecule has 0 aromatic rings. The Morgan fingerprint density at radius 3 is 2.17 bits per heavy atom. The van der Waals surface area contributed by atoms with Crippen molar-refractivity contribution in [3.05, 3.63) is 0 Å². The van der Waals surface area contributed by atoms with Crippen molar-refractivity contribution >= 4 is 0 Å². The van der Waals surface area contributed by atoms with Crippen LogP contribution in [0.4, 0.5) is 0 Å². The van der Waals surface area contributed by atoms with Crippen LogP contribution in [0.15, 0.2) is 0 Å². The highest BCUT2D eigenvalue weighted by atomic mass is 14.6. The van der Waals surface area contributed by atoms with Gasteiger partial charge in [0.1, 0.15) is 0 Å². The van der Waals surface area contributed by atoms with E-state index in [1.807, 2.05) is 0 Å². The van der Waals surface area contributed by atoms with Gasteiger partial charge >= 0.3 is 0 Å². The van der Waals surface area contributed by atoms with E-state index < -0.39 is 0 Å². The van der Waals surface area contributed by atoms with Crippen molar-refractivity contribution in [3.8, 4) is 0 Å². The summed E-state index contributed by atoms with van der Waals surface area (Å²) in [4.78, 5) is 0. The predicted molar refractivity (Wildman–Crippen MR) is 79.4 cm³/mol. The third-order valence-electron chi connectivity index (χ3n) is 6.55. The zero-order valence-corrected chi connectivity index (χ0v) is 12.8. The standard InChI is InChI=1S/C17H33N/c1-4-15-7-9-17(12-18,10-8-15)16-6-5-13(2)14(3)11-16/h13-16H,4-12,18H2,1-3H3. The fourth-order valence-electron chi connectivity index (χ4n) is 4.54. The second-order valence-corrected chi connectivity index (χ2v) is 7.38. The SMILES string of the molecule is CCC1CCC(CN)(C2CCC(C)C(C)C2)CC1. The number of nitrogens with two attached hydrogens (primary N) is 1. The second kappa shape index (κ2) is 5.94. The van der Waals surface area contributed by atoms with Crippen molar-refractivity contribution in [3.63, 3.8) is 0 Å². The zero-order valence-electron chi connectivity index (χ0n) is 12.8. The van der Waals surface area contributed by atoms with Gasteiger partial charge in [0.05, 0.1) is 0 Å². The van der Waals surface area contributed by atoms with Gasteiger partial charge < -0.3 is 5.73 Å². The predicted octanol–water partition coefficient (Wildman–Crippen LogP) is 4.60. The lowest BCUT2D eigenvalue weighted by Gasteiger charge is -2.48. The minimum atomic E-state index is 0.514. The highest BCUT2D eigenvalue weighted by molar-refractivity contribution is 4.94. The van der Waals surface area contributed by atoms with E-state index in [2.05, 4.69) is 20.8 Å². The first kappa shape index (κ1) is 14.4. The van der Waals surface area contributed by atoms with Crippen molar-refractivity contribution in [2.24, 2.45) is 34.8 Å². The van der Waals surface area contributed by atoms with E-state index in [4.69, 9.17) is 5.73 Å². The first-order valence-electron chi connectivity index (χ1n) is 8.31. The Balaban J connectivity index is 2.00. The van der Waals surface area contributed by atoms with Crippen LogP contribution in [0.2, 0.25) is 0 Å². The van der Waals surface area contributed by atoms with Crippen LogP contribution in [0.25, 0.3) is 0 Å². The molecule has 0 amide bonds. The molecular formula is C17H33N. The third-order valence-corrected chi connectivity index (χ3v) is 6.55. The minimum absolute atomic E-state index is 0.514. The van der Waals surface area contributed by atoms with Gasteiger partial charge in [0.2, 0.25) is 0 Å². The van der Waals surface area contributed by atoms with Crippen molar-refractivity contribution in [1.82, 2.24) is 0 Å². The maximum atomic E-state index is 6.24. The fourth-order valence-corrected chi connectivity index (χ4v) is 4.54. The molecule has 2 N–H and O–H groups in total. The van der Waals surface area contributed by atoms with E-state index in [1.165, 1.54) is 51.4 Å². The van der Waals surface area contributed by atoms with Gasteiger partial charge in [0.15, 0.2) is 0 Å².